The van der Waals surface area contributed by atoms with Gasteiger partial charge in [-0.25, -0.2) is 9.67 Å². The van der Waals surface area contributed by atoms with Crippen molar-refractivity contribution in [3.8, 4) is 0 Å². The normalized spacial score (nSPS) is 11.3. The fourth-order valence-electron chi connectivity index (χ4n) is 2.71. The van der Waals surface area contributed by atoms with Gasteiger partial charge in [0.15, 0.2) is 12.3 Å². The molecular weight excluding hydrogens is 366 g/mol. The van der Waals surface area contributed by atoms with Gasteiger partial charge in [0.05, 0.1) is 5.69 Å². The number of aryl methyl sites for hydroxylation is 1. The fraction of sp³-hybridized carbons (Fsp3) is 0.0952. The molecule has 2 aromatic heterocycles. The van der Waals surface area contributed by atoms with E-state index in [-0.39, 0.29) is 6.61 Å². The zero-order valence-electron chi connectivity index (χ0n) is 15.8. The van der Waals surface area contributed by atoms with Crippen LogP contribution in [0.3, 0.4) is 0 Å². The first-order chi connectivity index (χ1) is 14.3. The van der Waals surface area contributed by atoms with Crippen molar-refractivity contribution >= 4 is 17.2 Å². The summed E-state index contributed by atoms with van der Waals surface area (Å²) in [6, 6.07) is 25.2. The van der Waals surface area contributed by atoms with E-state index < -0.39 is 0 Å². The summed E-state index contributed by atoms with van der Waals surface area (Å²) in [6.07, 6.45) is 0. The van der Waals surface area contributed by atoms with E-state index in [4.69, 9.17) is 4.84 Å². The Balaban J connectivity index is 1.50. The molecule has 0 saturated carbocycles. The van der Waals surface area contributed by atoms with Crippen molar-refractivity contribution in [1.29, 1.82) is 0 Å². The van der Waals surface area contributed by atoms with E-state index in [1.165, 1.54) is 0 Å². The average Bonchev–Trinajstić information content (AvgIpc) is 3.18. The molecule has 4 rings (SSSR count). The number of tetrazole rings is 1. The second-order valence-corrected chi connectivity index (χ2v) is 6.21. The van der Waals surface area contributed by atoms with Gasteiger partial charge in [-0.3, -0.25) is 0 Å². The molecule has 0 atom stereocenters. The SMILES string of the molecule is Cn1nnnc1/C(=N\OCc1cccc(Nc2ccccc2)n1)c1ccccc1. The minimum atomic E-state index is 0.214. The molecule has 0 bridgehead atoms. The molecule has 0 aliphatic heterocycles. The highest BCUT2D eigenvalue weighted by molar-refractivity contribution is 6.10. The molecular formula is C21H19N7O. The molecule has 0 unspecified atom stereocenters. The number of hydrogen-bond acceptors (Lipinski definition) is 7. The fourth-order valence-corrected chi connectivity index (χ4v) is 2.71. The Hall–Kier alpha value is -4.07. The molecule has 29 heavy (non-hydrogen) atoms. The predicted octanol–water partition coefficient (Wildman–Crippen LogP) is 3.32. The summed E-state index contributed by atoms with van der Waals surface area (Å²) in [5, 5.41) is 19.2. The van der Waals surface area contributed by atoms with Crippen molar-refractivity contribution in [2.24, 2.45) is 12.2 Å². The summed E-state index contributed by atoms with van der Waals surface area (Å²) < 4.78 is 1.55. The Morgan fingerprint density at radius 3 is 2.45 bits per heavy atom. The zero-order valence-corrected chi connectivity index (χ0v) is 15.8. The van der Waals surface area contributed by atoms with Crippen molar-refractivity contribution in [2.75, 3.05) is 5.32 Å². The number of oxime groups is 1. The van der Waals surface area contributed by atoms with E-state index in [2.05, 4.69) is 31.0 Å². The van der Waals surface area contributed by atoms with Crippen LogP contribution in [0.2, 0.25) is 0 Å². The zero-order chi connectivity index (χ0) is 19.9. The van der Waals surface area contributed by atoms with Crippen LogP contribution in [0.5, 0.6) is 0 Å². The van der Waals surface area contributed by atoms with Crippen molar-refractivity contribution in [3.63, 3.8) is 0 Å². The highest BCUT2D eigenvalue weighted by Gasteiger charge is 2.14. The van der Waals surface area contributed by atoms with Crippen LogP contribution < -0.4 is 5.32 Å². The van der Waals surface area contributed by atoms with Gasteiger partial charge in [0.25, 0.3) is 0 Å². The number of aromatic nitrogens is 5. The van der Waals surface area contributed by atoms with Crippen LogP contribution in [0.1, 0.15) is 17.1 Å². The lowest BCUT2D eigenvalue weighted by atomic mass is 10.1. The Kier molecular flexibility index (Phi) is 5.52. The number of pyridine rings is 1. The molecule has 0 amide bonds. The first kappa shape index (κ1) is 18.3. The number of rotatable bonds is 7. The standard InChI is InChI=1S/C21H19N7O/c1-28-21(24-26-27-28)20(16-9-4-2-5-10-16)25-29-15-18-13-8-14-19(23-18)22-17-11-6-3-7-12-17/h2-14H,15H2,1H3,(H,22,23)/b25-20-. The van der Waals surface area contributed by atoms with Gasteiger partial charge in [0.2, 0.25) is 5.82 Å². The van der Waals surface area contributed by atoms with E-state index in [9.17, 15) is 0 Å². The number of para-hydroxylation sites is 1. The lowest BCUT2D eigenvalue weighted by Gasteiger charge is -2.08. The molecule has 0 radical (unpaired) electrons. The summed E-state index contributed by atoms with van der Waals surface area (Å²) in [5.74, 6) is 1.26. The summed E-state index contributed by atoms with van der Waals surface area (Å²) in [6.45, 7) is 0.214. The molecule has 2 aromatic carbocycles. The highest BCUT2D eigenvalue weighted by Crippen LogP contribution is 2.15. The first-order valence-electron chi connectivity index (χ1n) is 9.06. The average molecular weight is 385 g/mol. The number of anilines is 2. The maximum atomic E-state index is 5.61. The number of nitrogens with zero attached hydrogens (tertiary/aromatic N) is 6. The predicted molar refractivity (Wildman–Crippen MR) is 110 cm³/mol. The smallest absolute Gasteiger partial charge is 0.204 e. The minimum absolute atomic E-state index is 0.214. The molecule has 2 heterocycles. The van der Waals surface area contributed by atoms with Crippen molar-refractivity contribution in [1.82, 2.24) is 25.2 Å². The Labute approximate surface area is 167 Å². The van der Waals surface area contributed by atoms with Crippen molar-refractivity contribution < 1.29 is 4.84 Å². The van der Waals surface area contributed by atoms with Crippen LogP contribution in [0.15, 0.2) is 84.0 Å². The Morgan fingerprint density at radius 2 is 1.72 bits per heavy atom. The van der Waals surface area contributed by atoms with Crippen LogP contribution in [0.25, 0.3) is 0 Å². The van der Waals surface area contributed by atoms with Crippen molar-refractivity contribution in [3.05, 3.63) is 95.9 Å². The molecule has 0 aliphatic carbocycles. The Bertz CT molecular complexity index is 1090. The van der Waals surface area contributed by atoms with E-state index in [0.29, 0.717) is 11.5 Å². The quantitative estimate of drug-likeness (QED) is 0.388. The largest absolute Gasteiger partial charge is 0.389 e. The summed E-state index contributed by atoms with van der Waals surface area (Å²) in [7, 11) is 1.76. The molecule has 0 saturated heterocycles. The lowest BCUT2D eigenvalue weighted by Crippen LogP contribution is -2.12. The van der Waals surface area contributed by atoms with E-state index in [1.54, 1.807) is 11.7 Å². The maximum absolute atomic E-state index is 5.61. The summed E-state index contributed by atoms with van der Waals surface area (Å²) in [4.78, 5) is 10.2. The third-order valence-electron chi connectivity index (χ3n) is 4.10. The maximum Gasteiger partial charge on any atom is 0.204 e. The van der Waals surface area contributed by atoms with Crippen LogP contribution in [-0.2, 0) is 18.5 Å². The molecule has 8 heteroatoms. The van der Waals surface area contributed by atoms with Crippen LogP contribution in [-0.4, -0.2) is 30.9 Å². The number of nitrogens with one attached hydrogen (secondary N) is 1. The number of hydrogen-bond donors (Lipinski definition) is 1. The molecule has 144 valence electrons. The van der Waals surface area contributed by atoms with E-state index >= 15 is 0 Å². The topological polar surface area (TPSA) is 90.1 Å². The third-order valence-corrected chi connectivity index (χ3v) is 4.10. The molecule has 4 aromatic rings. The second-order valence-electron chi connectivity index (χ2n) is 6.21. The van der Waals surface area contributed by atoms with Gasteiger partial charge < -0.3 is 10.2 Å². The minimum Gasteiger partial charge on any atom is -0.389 e. The van der Waals surface area contributed by atoms with Gasteiger partial charge in [-0.2, -0.15) is 0 Å². The van der Waals surface area contributed by atoms with Gasteiger partial charge in [0.1, 0.15) is 5.82 Å². The van der Waals surface area contributed by atoms with Crippen molar-refractivity contribution in [2.45, 2.75) is 6.61 Å². The molecule has 8 nitrogen and oxygen atoms in total. The second kappa shape index (κ2) is 8.75. The van der Waals surface area contributed by atoms with Gasteiger partial charge in [-0.1, -0.05) is 59.8 Å². The molecule has 1 N–H and O–H groups in total. The first-order valence-corrected chi connectivity index (χ1v) is 9.06. The highest BCUT2D eigenvalue weighted by atomic mass is 16.6. The summed E-state index contributed by atoms with van der Waals surface area (Å²) >= 11 is 0. The van der Waals surface area contributed by atoms with Gasteiger partial charge in [-0.05, 0) is 34.7 Å². The van der Waals surface area contributed by atoms with E-state index in [1.807, 2.05) is 78.9 Å². The summed E-state index contributed by atoms with van der Waals surface area (Å²) in [5.41, 5.74) is 3.13. The molecule has 0 fully saturated rings. The van der Waals surface area contributed by atoms with Gasteiger partial charge >= 0.3 is 0 Å². The van der Waals surface area contributed by atoms with E-state index in [0.717, 1.165) is 22.8 Å². The third kappa shape index (κ3) is 4.62. The molecule has 0 aliphatic rings. The number of benzene rings is 2. The van der Waals surface area contributed by atoms with Gasteiger partial charge in [-0.15, -0.1) is 5.10 Å². The monoisotopic (exact) mass is 385 g/mol. The van der Waals surface area contributed by atoms with Crippen LogP contribution in [0.4, 0.5) is 11.5 Å². The Morgan fingerprint density at radius 1 is 0.966 bits per heavy atom. The van der Waals surface area contributed by atoms with Crippen LogP contribution in [0, 0.1) is 0 Å². The van der Waals surface area contributed by atoms with Gasteiger partial charge in [0, 0.05) is 18.3 Å². The molecule has 0 spiro atoms. The lowest BCUT2D eigenvalue weighted by molar-refractivity contribution is 0.128. The van der Waals surface area contributed by atoms with Crippen LogP contribution >= 0.6 is 0 Å².